The molecule has 2 aromatic rings. The van der Waals surface area contributed by atoms with Crippen LogP contribution < -0.4 is 11.1 Å². The number of nitrogens with one attached hydrogen (secondary N) is 1. The molecule has 3 atom stereocenters. The topological polar surface area (TPSA) is 91.5 Å². The summed E-state index contributed by atoms with van der Waals surface area (Å²) in [5.41, 5.74) is 6.35. The molecule has 26 heavy (non-hydrogen) atoms. The number of benzene rings is 1. The van der Waals surface area contributed by atoms with Crippen molar-refractivity contribution < 1.29 is 14.3 Å². The maximum atomic E-state index is 13.3. The number of piperidine rings is 1. The monoisotopic (exact) mass is 380 g/mol. The SMILES string of the molecule is CC(NC(O)c1nc2ccc(F)cc2s1)C1CCN(C(=O)[C@H](C)N)CC1. The molecule has 0 bridgehead atoms. The van der Waals surface area contributed by atoms with Crippen LogP contribution in [0.4, 0.5) is 4.39 Å². The number of hydrogen-bond acceptors (Lipinski definition) is 6. The summed E-state index contributed by atoms with van der Waals surface area (Å²) in [7, 11) is 0. The Hall–Kier alpha value is -1.61. The van der Waals surface area contributed by atoms with Crippen molar-refractivity contribution in [3.8, 4) is 0 Å². The fraction of sp³-hybridized carbons (Fsp3) is 0.556. The van der Waals surface area contributed by atoms with Gasteiger partial charge in [-0.15, -0.1) is 11.3 Å². The van der Waals surface area contributed by atoms with Gasteiger partial charge < -0.3 is 15.7 Å². The third-order valence-corrected chi connectivity index (χ3v) is 6.04. The van der Waals surface area contributed by atoms with Crippen molar-refractivity contribution in [2.24, 2.45) is 11.7 Å². The van der Waals surface area contributed by atoms with E-state index in [-0.39, 0.29) is 17.8 Å². The van der Waals surface area contributed by atoms with E-state index in [2.05, 4.69) is 10.3 Å². The Morgan fingerprint density at radius 1 is 1.42 bits per heavy atom. The molecule has 1 aromatic heterocycles. The highest BCUT2D eigenvalue weighted by Crippen LogP contribution is 2.28. The van der Waals surface area contributed by atoms with Gasteiger partial charge in [0.1, 0.15) is 10.8 Å². The minimum Gasteiger partial charge on any atom is -0.372 e. The van der Waals surface area contributed by atoms with Crippen LogP contribution >= 0.6 is 11.3 Å². The minimum absolute atomic E-state index is 0.00851. The van der Waals surface area contributed by atoms with Crippen LogP contribution in [0, 0.1) is 11.7 Å². The van der Waals surface area contributed by atoms with Gasteiger partial charge in [0.25, 0.3) is 0 Å². The Kier molecular flexibility index (Phi) is 5.86. The molecule has 4 N–H and O–H groups in total. The molecular weight excluding hydrogens is 355 g/mol. The normalized spacial score (nSPS) is 19.5. The summed E-state index contributed by atoms with van der Waals surface area (Å²) in [5, 5.41) is 14.2. The van der Waals surface area contributed by atoms with Crippen molar-refractivity contribution in [2.75, 3.05) is 13.1 Å². The van der Waals surface area contributed by atoms with Crippen molar-refractivity contribution in [3.63, 3.8) is 0 Å². The van der Waals surface area contributed by atoms with E-state index in [1.807, 2.05) is 11.8 Å². The second-order valence-corrected chi connectivity index (χ2v) is 8.04. The summed E-state index contributed by atoms with van der Waals surface area (Å²) in [6.45, 7) is 5.11. The highest BCUT2D eigenvalue weighted by atomic mass is 32.1. The maximum Gasteiger partial charge on any atom is 0.239 e. The number of amides is 1. The van der Waals surface area contributed by atoms with Crippen LogP contribution in [0.1, 0.15) is 37.9 Å². The zero-order chi connectivity index (χ0) is 18.8. The lowest BCUT2D eigenvalue weighted by atomic mass is 9.90. The number of fused-ring (bicyclic) bond motifs is 1. The summed E-state index contributed by atoms with van der Waals surface area (Å²) < 4.78 is 14.0. The van der Waals surface area contributed by atoms with Gasteiger partial charge in [-0.25, -0.2) is 9.37 Å². The number of rotatable bonds is 5. The molecule has 1 aliphatic heterocycles. The maximum absolute atomic E-state index is 13.3. The average molecular weight is 380 g/mol. The van der Waals surface area contributed by atoms with Crippen molar-refractivity contribution in [2.45, 2.75) is 45.0 Å². The van der Waals surface area contributed by atoms with Crippen LogP contribution in [0.3, 0.4) is 0 Å². The van der Waals surface area contributed by atoms with Crippen LogP contribution in [0.2, 0.25) is 0 Å². The fourth-order valence-corrected chi connectivity index (χ4v) is 4.34. The summed E-state index contributed by atoms with van der Waals surface area (Å²) in [6, 6.07) is 4.02. The summed E-state index contributed by atoms with van der Waals surface area (Å²) in [5.74, 6) is 0.0380. The summed E-state index contributed by atoms with van der Waals surface area (Å²) in [4.78, 5) is 18.1. The lowest BCUT2D eigenvalue weighted by Gasteiger charge is -2.36. The Bertz CT molecular complexity index is 774. The van der Waals surface area contributed by atoms with Crippen molar-refractivity contribution >= 4 is 27.5 Å². The molecule has 8 heteroatoms. The molecule has 0 radical (unpaired) electrons. The molecule has 1 fully saturated rings. The molecule has 1 saturated heterocycles. The molecule has 1 amide bonds. The minimum atomic E-state index is -0.894. The van der Waals surface area contributed by atoms with Crippen molar-refractivity contribution in [1.82, 2.24) is 15.2 Å². The number of carbonyl (C=O) groups excluding carboxylic acids is 1. The first-order chi connectivity index (χ1) is 12.3. The lowest BCUT2D eigenvalue weighted by Crippen LogP contribution is -2.48. The number of hydrogen-bond donors (Lipinski definition) is 3. The van der Waals surface area contributed by atoms with Crippen molar-refractivity contribution in [3.05, 3.63) is 29.0 Å². The van der Waals surface area contributed by atoms with E-state index in [9.17, 15) is 14.3 Å². The van der Waals surface area contributed by atoms with Crippen LogP contribution in [0.15, 0.2) is 18.2 Å². The largest absolute Gasteiger partial charge is 0.372 e. The number of nitrogens with zero attached hydrogens (tertiary/aromatic N) is 2. The summed E-state index contributed by atoms with van der Waals surface area (Å²) >= 11 is 1.29. The molecule has 6 nitrogen and oxygen atoms in total. The Balaban J connectivity index is 1.57. The molecule has 1 aromatic carbocycles. The number of likely N-dealkylation sites (tertiary alicyclic amines) is 1. The molecule has 2 heterocycles. The molecule has 0 aliphatic carbocycles. The van der Waals surface area contributed by atoms with E-state index in [1.165, 1.54) is 23.5 Å². The van der Waals surface area contributed by atoms with Crippen LogP contribution in [0.25, 0.3) is 10.2 Å². The Morgan fingerprint density at radius 3 is 2.77 bits per heavy atom. The third kappa shape index (κ3) is 4.20. The quantitative estimate of drug-likeness (QED) is 0.690. The molecule has 2 unspecified atom stereocenters. The van der Waals surface area contributed by atoms with Gasteiger partial charge in [-0.2, -0.15) is 0 Å². The first-order valence-electron chi connectivity index (χ1n) is 8.89. The number of aliphatic hydroxyl groups is 1. The molecule has 142 valence electrons. The first-order valence-corrected chi connectivity index (χ1v) is 9.71. The van der Waals surface area contributed by atoms with E-state index in [1.54, 1.807) is 13.0 Å². The van der Waals surface area contributed by atoms with Gasteiger partial charge in [0.15, 0.2) is 6.23 Å². The van der Waals surface area contributed by atoms with Gasteiger partial charge in [0.2, 0.25) is 5.91 Å². The number of aliphatic hydroxyl groups excluding tert-OH is 1. The van der Waals surface area contributed by atoms with Gasteiger partial charge in [0.05, 0.1) is 16.3 Å². The predicted molar refractivity (Wildman–Crippen MR) is 100 cm³/mol. The first kappa shape index (κ1) is 19.2. The van der Waals surface area contributed by atoms with Gasteiger partial charge in [0, 0.05) is 19.1 Å². The zero-order valence-corrected chi connectivity index (χ0v) is 15.8. The smallest absolute Gasteiger partial charge is 0.239 e. The van der Waals surface area contributed by atoms with Gasteiger partial charge >= 0.3 is 0 Å². The van der Waals surface area contributed by atoms with Gasteiger partial charge in [-0.1, -0.05) is 0 Å². The fourth-order valence-electron chi connectivity index (χ4n) is 3.40. The van der Waals surface area contributed by atoms with E-state index < -0.39 is 12.3 Å². The van der Waals surface area contributed by atoms with Gasteiger partial charge in [-0.3, -0.25) is 10.1 Å². The number of carbonyl (C=O) groups is 1. The van der Waals surface area contributed by atoms with E-state index >= 15 is 0 Å². The highest BCUT2D eigenvalue weighted by Gasteiger charge is 2.28. The second-order valence-electron chi connectivity index (χ2n) is 6.97. The number of halogens is 1. The van der Waals surface area contributed by atoms with Crippen molar-refractivity contribution in [1.29, 1.82) is 0 Å². The molecule has 0 spiro atoms. The Labute approximate surface area is 156 Å². The van der Waals surface area contributed by atoms with Crippen LogP contribution in [-0.2, 0) is 4.79 Å². The van der Waals surface area contributed by atoms with Crippen LogP contribution in [-0.4, -0.2) is 46.1 Å². The standard InChI is InChI=1S/C18H25FN4O2S/c1-10(20)18(25)23-7-5-12(6-8-23)11(2)21-16(24)17-22-14-4-3-13(19)9-15(14)26-17/h3-4,9-12,16,21,24H,5-8,20H2,1-2H3/t10-,11?,16?/m0/s1. The number of thiazole rings is 1. The zero-order valence-electron chi connectivity index (χ0n) is 15.0. The molecule has 1 aliphatic rings. The molecular formula is C18H25FN4O2S. The van der Waals surface area contributed by atoms with E-state index in [0.29, 0.717) is 29.5 Å². The van der Waals surface area contributed by atoms with Crippen LogP contribution in [0.5, 0.6) is 0 Å². The predicted octanol–water partition coefficient (Wildman–Crippen LogP) is 1.99. The number of nitrogens with two attached hydrogens (primary N) is 1. The van der Waals surface area contributed by atoms with E-state index in [0.717, 1.165) is 17.5 Å². The lowest BCUT2D eigenvalue weighted by molar-refractivity contribution is -0.133. The average Bonchev–Trinajstić information content (AvgIpc) is 3.04. The second kappa shape index (κ2) is 7.96. The molecule has 0 saturated carbocycles. The third-order valence-electron chi connectivity index (χ3n) is 4.97. The Morgan fingerprint density at radius 2 is 2.12 bits per heavy atom. The summed E-state index contributed by atoms with van der Waals surface area (Å²) in [6.07, 6.45) is 0.837. The van der Waals surface area contributed by atoms with Gasteiger partial charge in [-0.05, 0) is 50.8 Å². The highest BCUT2D eigenvalue weighted by molar-refractivity contribution is 7.18. The molecule has 3 rings (SSSR count). The van der Waals surface area contributed by atoms with E-state index in [4.69, 9.17) is 5.73 Å². The number of aromatic nitrogens is 1.